The van der Waals surface area contributed by atoms with E-state index in [2.05, 4.69) is 32.1 Å². The fourth-order valence-corrected chi connectivity index (χ4v) is 3.33. The monoisotopic (exact) mass is 419 g/mol. The van der Waals surface area contributed by atoms with Crippen LogP contribution in [-0.4, -0.2) is 61.7 Å². The summed E-state index contributed by atoms with van der Waals surface area (Å²) < 4.78 is 5.30. The van der Waals surface area contributed by atoms with Gasteiger partial charge in [-0.2, -0.15) is 9.97 Å². The van der Waals surface area contributed by atoms with E-state index in [-0.39, 0.29) is 23.5 Å². The smallest absolute Gasteiger partial charge is 0.223 e. The Balaban J connectivity index is 1.87. The van der Waals surface area contributed by atoms with Gasteiger partial charge in [0.1, 0.15) is 17.5 Å². The highest BCUT2D eigenvalue weighted by Crippen LogP contribution is 2.30. The molecule has 2 heterocycles. The number of aliphatic hydroxyl groups is 3. The van der Waals surface area contributed by atoms with Crippen molar-refractivity contribution < 1.29 is 20.1 Å². The maximum absolute atomic E-state index is 10.2. The summed E-state index contributed by atoms with van der Waals surface area (Å²) in [6.45, 7) is 2.15. The van der Waals surface area contributed by atoms with Crippen LogP contribution in [-0.2, 0) is 0 Å². The minimum Gasteiger partial charge on any atom is -0.478 e. The lowest BCUT2D eigenvalue weighted by molar-refractivity contribution is 0.00445. The van der Waals surface area contributed by atoms with Gasteiger partial charge in [-0.15, -0.1) is 0 Å². The second-order valence-electron chi connectivity index (χ2n) is 6.57. The van der Waals surface area contributed by atoms with Crippen molar-refractivity contribution in [3.05, 3.63) is 34.6 Å². The largest absolute Gasteiger partial charge is 0.478 e. The summed E-state index contributed by atoms with van der Waals surface area (Å²) in [6, 6.07) is 2.91. The van der Waals surface area contributed by atoms with E-state index in [1.807, 2.05) is 6.92 Å². The van der Waals surface area contributed by atoms with Crippen molar-refractivity contribution in [2.75, 3.05) is 24.3 Å². The summed E-state index contributed by atoms with van der Waals surface area (Å²) in [5.41, 5.74) is 6.62. The van der Waals surface area contributed by atoms with Crippen LogP contribution in [0.3, 0.4) is 0 Å². The number of nitrogens with one attached hydrogen (secondary N) is 1. The molecule has 1 saturated carbocycles. The first-order valence-electron chi connectivity index (χ1n) is 9.10. The lowest BCUT2D eigenvalue weighted by atomic mass is 10.1. The minimum atomic E-state index is -1.08. The Morgan fingerprint density at radius 2 is 2.07 bits per heavy atom. The topological polar surface area (TPSA) is 147 Å². The van der Waals surface area contributed by atoms with E-state index >= 15 is 0 Å². The second kappa shape index (κ2) is 9.24. The highest BCUT2D eigenvalue weighted by molar-refractivity contribution is 6.31. The van der Waals surface area contributed by atoms with Gasteiger partial charge in [0, 0.05) is 30.4 Å². The Labute approximate surface area is 172 Å². The average Bonchev–Trinajstić information content (AvgIpc) is 2.96. The van der Waals surface area contributed by atoms with E-state index in [0.717, 1.165) is 0 Å². The van der Waals surface area contributed by atoms with Crippen molar-refractivity contribution in [1.29, 1.82) is 0 Å². The van der Waals surface area contributed by atoms with Crippen LogP contribution in [0.4, 0.5) is 11.8 Å². The molecule has 9 nitrogen and oxygen atoms in total. The van der Waals surface area contributed by atoms with Crippen LogP contribution in [0.2, 0.25) is 5.15 Å². The van der Waals surface area contributed by atoms with E-state index in [9.17, 15) is 15.3 Å². The van der Waals surface area contributed by atoms with Crippen LogP contribution >= 0.6 is 11.6 Å². The van der Waals surface area contributed by atoms with Gasteiger partial charge >= 0.3 is 0 Å². The molecule has 0 bridgehead atoms. The first-order valence-corrected chi connectivity index (χ1v) is 9.48. The summed E-state index contributed by atoms with van der Waals surface area (Å²) in [6.07, 6.45) is -0.217. The third-order valence-electron chi connectivity index (χ3n) is 4.60. The lowest BCUT2D eigenvalue weighted by Gasteiger charge is -2.19. The zero-order chi connectivity index (χ0) is 21.0. The second-order valence-corrected chi connectivity index (χ2v) is 6.93. The van der Waals surface area contributed by atoms with Crippen molar-refractivity contribution in [2.45, 2.75) is 31.6 Å². The van der Waals surface area contributed by atoms with E-state index in [1.165, 1.54) is 0 Å². The van der Waals surface area contributed by atoms with Crippen LogP contribution in [0.1, 0.15) is 24.5 Å². The van der Waals surface area contributed by atoms with Gasteiger partial charge in [-0.1, -0.05) is 23.4 Å². The number of ether oxygens (including phenoxy) is 1. The van der Waals surface area contributed by atoms with Crippen molar-refractivity contribution in [3.63, 3.8) is 0 Å². The molecule has 154 valence electrons. The fraction of sp³-hybridized carbons (Fsp3) is 0.421. The number of halogens is 1. The Bertz CT molecular complexity index is 915. The third-order valence-corrected chi connectivity index (χ3v) is 4.87. The molecule has 1 fully saturated rings. The van der Waals surface area contributed by atoms with Crippen molar-refractivity contribution >= 4 is 23.4 Å². The van der Waals surface area contributed by atoms with Crippen LogP contribution < -0.4 is 15.8 Å². The molecule has 2 aromatic heterocycles. The third kappa shape index (κ3) is 4.86. The van der Waals surface area contributed by atoms with Gasteiger partial charge in [0.05, 0.1) is 18.8 Å². The maximum Gasteiger partial charge on any atom is 0.223 e. The van der Waals surface area contributed by atoms with Gasteiger partial charge in [0.2, 0.25) is 11.8 Å². The number of anilines is 2. The highest BCUT2D eigenvalue weighted by Gasteiger charge is 2.41. The number of nitrogens with two attached hydrogens (primary N) is 1. The van der Waals surface area contributed by atoms with Crippen molar-refractivity contribution in [3.8, 4) is 17.7 Å². The predicted octanol–water partition coefficient (Wildman–Crippen LogP) is 0.420. The molecule has 3 rings (SSSR count). The normalized spacial score (nSPS) is 23.3. The molecule has 2 aromatic rings. The summed E-state index contributed by atoms with van der Waals surface area (Å²) >= 11 is 6.21. The van der Waals surface area contributed by atoms with Gasteiger partial charge < -0.3 is 31.1 Å². The maximum atomic E-state index is 10.2. The molecule has 0 amide bonds. The number of hydrogen-bond donors (Lipinski definition) is 5. The Morgan fingerprint density at radius 1 is 1.28 bits per heavy atom. The standard InChI is InChI=1S/C19H22ClN5O4/c1-2-29-14-6-4-10(8-22-14)3-5-12-17(20)24-19(21)25-18(12)23-13-7-11(9-26)15(27)16(13)28/h4,6,8,11,13,15-16,26-28H,2,7,9H2,1H3,(H3,21,23,24,25)/t11-,13-,15-,16+/m1/s1. The minimum absolute atomic E-state index is 0.0538. The molecule has 1 aliphatic carbocycles. The summed E-state index contributed by atoms with van der Waals surface area (Å²) in [7, 11) is 0. The SMILES string of the molecule is CCOc1ccc(C#Cc2c(Cl)nc(N)nc2N[C@@H]2C[C@H](CO)[C@@H](O)[C@H]2O)cn1. The number of aliphatic hydroxyl groups excluding tert-OH is 3. The quantitative estimate of drug-likeness (QED) is 0.343. The van der Waals surface area contributed by atoms with Gasteiger partial charge in [0.15, 0.2) is 5.15 Å². The Kier molecular flexibility index (Phi) is 6.71. The fourth-order valence-electron chi connectivity index (χ4n) is 3.11. The molecule has 6 N–H and O–H groups in total. The molecular formula is C19H22ClN5O4. The van der Waals surface area contributed by atoms with Crippen molar-refractivity contribution in [1.82, 2.24) is 15.0 Å². The van der Waals surface area contributed by atoms with E-state index in [4.69, 9.17) is 22.1 Å². The Morgan fingerprint density at radius 3 is 2.69 bits per heavy atom. The number of pyridine rings is 1. The first kappa shape index (κ1) is 21.1. The number of hydrogen-bond acceptors (Lipinski definition) is 9. The van der Waals surface area contributed by atoms with E-state index in [1.54, 1.807) is 18.3 Å². The summed E-state index contributed by atoms with van der Waals surface area (Å²) in [5.74, 6) is 6.07. The zero-order valence-electron chi connectivity index (χ0n) is 15.7. The van der Waals surface area contributed by atoms with Gasteiger partial charge in [-0.3, -0.25) is 0 Å². The van der Waals surface area contributed by atoms with Crippen LogP contribution in [0, 0.1) is 17.8 Å². The number of aromatic nitrogens is 3. The molecule has 0 aromatic carbocycles. The predicted molar refractivity (Wildman–Crippen MR) is 107 cm³/mol. The summed E-state index contributed by atoms with van der Waals surface area (Å²) in [5, 5.41) is 32.7. The Hall–Kier alpha value is -2.64. The molecule has 0 unspecified atom stereocenters. The first-order chi connectivity index (χ1) is 13.9. The molecule has 0 spiro atoms. The molecule has 29 heavy (non-hydrogen) atoms. The van der Waals surface area contributed by atoms with Gasteiger partial charge in [-0.05, 0) is 19.4 Å². The van der Waals surface area contributed by atoms with Crippen LogP contribution in [0.15, 0.2) is 18.3 Å². The van der Waals surface area contributed by atoms with Crippen LogP contribution in [0.5, 0.6) is 5.88 Å². The zero-order valence-corrected chi connectivity index (χ0v) is 16.5. The highest BCUT2D eigenvalue weighted by atomic mass is 35.5. The molecule has 0 saturated heterocycles. The molecule has 1 aliphatic rings. The van der Waals surface area contributed by atoms with Crippen LogP contribution in [0.25, 0.3) is 0 Å². The number of rotatable bonds is 5. The van der Waals surface area contributed by atoms with E-state index < -0.39 is 24.2 Å². The number of nitrogen functional groups attached to an aromatic ring is 1. The van der Waals surface area contributed by atoms with E-state index in [0.29, 0.717) is 30.0 Å². The molecule has 0 radical (unpaired) electrons. The average molecular weight is 420 g/mol. The van der Waals surface area contributed by atoms with Gasteiger partial charge in [0.25, 0.3) is 0 Å². The molecular weight excluding hydrogens is 398 g/mol. The van der Waals surface area contributed by atoms with Gasteiger partial charge in [-0.25, -0.2) is 4.98 Å². The number of nitrogens with zero attached hydrogens (tertiary/aromatic N) is 3. The van der Waals surface area contributed by atoms with Crippen molar-refractivity contribution in [2.24, 2.45) is 5.92 Å². The summed E-state index contributed by atoms with van der Waals surface area (Å²) in [4.78, 5) is 12.2. The lowest BCUT2D eigenvalue weighted by Crippen LogP contribution is -2.35. The molecule has 4 atom stereocenters. The molecule has 0 aliphatic heterocycles. The molecule has 10 heteroatoms.